The second-order valence-corrected chi connectivity index (χ2v) is 10.5. The zero-order valence-electron chi connectivity index (χ0n) is 20.0. The van der Waals surface area contributed by atoms with E-state index in [4.69, 9.17) is 31.8 Å². The number of aliphatic hydroxyl groups is 2. The van der Waals surface area contributed by atoms with Gasteiger partial charge in [0, 0.05) is 12.8 Å². The molecule has 3 aromatic rings. The number of anilines is 1. The minimum atomic E-state index is -3.98. The average molecular weight is 551 g/mol. The van der Waals surface area contributed by atoms with E-state index >= 15 is 0 Å². The van der Waals surface area contributed by atoms with E-state index in [1.165, 1.54) is 10.9 Å². The first kappa shape index (κ1) is 26.8. The summed E-state index contributed by atoms with van der Waals surface area (Å²) in [6.45, 7) is 0.814. The molecule has 0 saturated carbocycles. The molecule has 5 heterocycles. The molecule has 2 aliphatic rings. The number of aromatic nitrogens is 7. The fourth-order valence-electron chi connectivity index (χ4n) is 4.39. The molecule has 0 amide bonds. The maximum absolute atomic E-state index is 12.1. The van der Waals surface area contributed by atoms with E-state index < -0.39 is 62.5 Å². The van der Waals surface area contributed by atoms with E-state index in [0.717, 1.165) is 10.9 Å². The largest absolute Gasteiger partial charge is 0.488 e. The molecule has 2 fully saturated rings. The quantitative estimate of drug-likeness (QED) is 0.148. The first-order valence-corrected chi connectivity index (χ1v) is 13.2. The minimum absolute atomic E-state index is 0.0312. The number of aryl methyl sites for hydroxylation is 1. The molecule has 0 bridgehead atoms. The normalized spacial score (nSPS) is 29.2. The average Bonchev–Trinajstić information content (AvgIpc) is 3.54. The van der Waals surface area contributed by atoms with Gasteiger partial charge in [0.25, 0.3) is 5.56 Å². The Kier molecular flexibility index (Phi) is 7.32. The second-order valence-electron chi connectivity index (χ2n) is 8.86. The van der Waals surface area contributed by atoms with Gasteiger partial charge in [-0.1, -0.05) is 0 Å². The van der Waals surface area contributed by atoms with Crippen LogP contribution in [-0.4, -0.2) is 94.4 Å². The van der Waals surface area contributed by atoms with Crippen LogP contribution in [0.5, 0.6) is 0 Å². The molecule has 0 aromatic carbocycles. The summed E-state index contributed by atoms with van der Waals surface area (Å²) in [6.07, 6.45) is -2.68. The first-order chi connectivity index (χ1) is 18.0. The van der Waals surface area contributed by atoms with Crippen molar-refractivity contribution in [1.29, 1.82) is 0 Å². The lowest BCUT2D eigenvalue weighted by molar-refractivity contribution is -0.0529. The Morgan fingerprint density at radius 1 is 1.18 bits per heavy atom. The number of hydrogen-bond donors (Lipinski definition) is 5. The van der Waals surface area contributed by atoms with Gasteiger partial charge in [-0.15, -0.1) is 0 Å². The Hall–Kier alpha value is -2.83. The van der Waals surface area contributed by atoms with Crippen LogP contribution in [0, 0.1) is 6.92 Å². The van der Waals surface area contributed by atoms with Gasteiger partial charge >= 0.3 is 21.1 Å². The standard InChI is InChI=1S/C19H25BN8O9P/c1-8-24-16-15(17(31)25-8)22-6-27(16)14-3-10(11(4-29)35-14)37-38(20,33)34-5-12-9(30)2-13(36-12)28-7-23-18(21)26-19(28)32/h6-7,9-14,29-30,33H,2-5H2,1H3,(H2,21,26,32)(H,24,25,31)/q+1/t9-,10-,11-,12-,13-,14-,38?/m1/s1. The molecule has 202 valence electrons. The Morgan fingerprint density at radius 3 is 2.63 bits per heavy atom. The van der Waals surface area contributed by atoms with Crippen molar-refractivity contribution in [2.75, 3.05) is 18.9 Å². The van der Waals surface area contributed by atoms with E-state index in [0.29, 0.717) is 5.82 Å². The third-order valence-corrected chi connectivity index (χ3v) is 7.28. The Labute approximate surface area is 215 Å². The fraction of sp³-hybridized carbons (Fsp3) is 0.579. The maximum atomic E-state index is 12.1. The summed E-state index contributed by atoms with van der Waals surface area (Å²) in [5.41, 5.74) is 4.70. The van der Waals surface area contributed by atoms with Crippen molar-refractivity contribution in [2.45, 2.75) is 56.6 Å². The van der Waals surface area contributed by atoms with Crippen LogP contribution in [-0.2, 0) is 18.5 Å². The zero-order valence-corrected chi connectivity index (χ0v) is 20.9. The number of aromatic amines is 1. The fourth-order valence-corrected chi connectivity index (χ4v) is 5.42. The monoisotopic (exact) mass is 551 g/mol. The molecule has 1 unspecified atom stereocenters. The van der Waals surface area contributed by atoms with Crippen molar-refractivity contribution in [2.24, 2.45) is 0 Å². The van der Waals surface area contributed by atoms with Crippen molar-refractivity contribution in [3.8, 4) is 0 Å². The number of ether oxygens (including phenoxy) is 2. The van der Waals surface area contributed by atoms with Crippen LogP contribution < -0.4 is 17.0 Å². The van der Waals surface area contributed by atoms with Crippen molar-refractivity contribution < 1.29 is 33.6 Å². The molecule has 2 saturated heterocycles. The molecule has 0 spiro atoms. The van der Waals surface area contributed by atoms with Gasteiger partial charge in [-0.2, -0.15) is 14.0 Å². The summed E-state index contributed by atoms with van der Waals surface area (Å²) in [4.78, 5) is 53.1. The SMILES string of the molecule is [B][P+](O)(OC[C@H]1O[C@@H](n2cnc(N)nc2=O)C[C@H]1O)O[C@@H]1C[C@H](n2cnc3c(=O)[nH]c(C)nc32)O[C@@H]1CO. The Balaban J connectivity index is 1.22. The Morgan fingerprint density at radius 2 is 1.89 bits per heavy atom. The number of nitrogen functional groups attached to an aromatic ring is 1. The molecule has 5 rings (SSSR count). The van der Waals surface area contributed by atoms with Gasteiger partial charge in [-0.3, -0.25) is 13.9 Å². The van der Waals surface area contributed by atoms with Crippen molar-refractivity contribution >= 4 is 32.5 Å². The number of hydrogen-bond acceptors (Lipinski definition) is 14. The zero-order chi connectivity index (χ0) is 27.2. The molecule has 38 heavy (non-hydrogen) atoms. The molecular formula is C19H25BN8O9P+. The minimum Gasteiger partial charge on any atom is -0.394 e. The third-order valence-electron chi connectivity index (χ3n) is 6.19. The van der Waals surface area contributed by atoms with Gasteiger partial charge in [-0.05, 0) is 6.92 Å². The van der Waals surface area contributed by atoms with Crippen LogP contribution in [0.1, 0.15) is 31.1 Å². The number of aliphatic hydroxyl groups excluding tert-OH is 2. The summed E-state index contributed by atoms with van der Waals surface area (Å²) >= 11 is 0. The molecule has 7 atom stereocenters. The van der Waals surface area contributed by atoms with Gasteiger partial charge < -0.3 is 30.4 Å². The smallest absolute Gasteiger partial charge is 0.394 e. The van der Waals surface area contributed by atoms with Crippen LogP contribution in [0.15, 0.2) is 22.2 Å². The molecule has 17 nitrogen and oxygen atoms in total. The van der Waals surface area contributed by atoms with Gasteiger partial charge in [0.1, 0.15) is 49.5 Å². The number of rotatable bonds is 8. The van der Waals surface area contributed by atoms with Crippen LogP contribution in [0.25, 0.3) is 11.2 Å². The number of nitrogens with zero attached hydrogens (tertiary/aromatic N) is 6. The molecule has 3 aromatic heterocycles. The summed E-state index contributed by atoms with van der Waals surface area (Å²) < 4.78 is 25.1. The van der Waals surface area contributed by atoms with Gasteiger partial charge in [-0.25, -0.2) is 24.6 Å². The highest BCUT2D eigenvalue weighted by Gasteiger charge is 2.48. The summed E-state index contributed by atoms with van der Waals surface area (Å²) in [5.74, 6) is 0.192. The summed E-state index contributed by atoms with van der Waals surface area (Å²) in [7, 11) is 1.92. The molecule has 6 N–H and O–H groups in total. The lowest BCUT2D eigenvalue weighted by Gasteiger charge is -2.22. The predicted molar refractivity (Wildman–Crippen MR) is 129 cm³/mol. The van der Waals surface area contributed by atoms with Crippen molar-refractivity contribution in [1.82, 2.24) is 34.1 Å². The summed E-state index contributed by atoms with van der Waals surface area (Å²) in [5, 5.41) is 20.2. The van der Waals surface area contributed by atoms with E-state index in [1.807, 2.05) is 0 Å². The van der Waals surface area contributed by atoms with Gasteiger partial charge in [0.05, 0.1) is 19.0 Å². The van der Waals surface area contributed by atoms with E-state index in [-0.39, 0.29) is 36.6 Å². The van der Waals surface area contributed by atoms with E-state index in [1.54, 1.807) is 6.92 Å². The highest BCUT2D eigenvalue weighted by molar-refractivity contribution is 7.85. The molecule has 0 aliphatic carbocycles. The van der Waals surface area contributed by atoms with Crippen molar-refractivity contribution in [3.05, 3.63) is 39.3 Å². The maximum Gasteiger partial charge on any atom is 0.488 e. The predicted octanol–water partition coefficient (Wildman–Crippen LogP) is -2.17. The van der Waals surface area contributed by atoms with Gasteiger partial charge in [0.2, 0.25) is 5.95 Å². The Bertz CT molecular complexity index is 1430. The highest BCUT2D eigenvalue weighted by atomic mass is 31.2. The molecular weight excluding hydrogens is 526 g/mol. The van der Waals surface area contributed by atoms with Gasteiger partial charge in [0.15, 0.2) is 11.2 Å². The molecule has 19 heteroatoms. The van der Waals surface area contributed by atoms with Crippen LogP contribution in [0.3, 0.4) is 0 Å². The summed E-state index contributed by atoms with van der Waals surface area (Å²) in [6, 6.07) is 0. The lowest BCUT2D eigenvalue weighted by Crippen LogP contribution is -2.31. The van der Waals surface area contributed by atoms with Crippen LogP contribution in [0.2, 0.25) is 0 Å². The number of nitrogens with two attached hydrogens (primary N) is 1. The first-order valence-electron chi connectivity index (χ1n) is 11.5. The topological polar surface area (TPSA) is 235 Å². The number of nitrogens with one attached hydrogen (secondary N) is 1. The van der Waals surface area contributed by atoms with Crippen LogP contribution in [0.4, 0.5) is 5.95 Å². The lowest BCUT2D eigenvalue weighted by atomic mass is 10.2. The highest BCUT2D eigenvalue weighted by Crippen LogP contribution is 2.55. The number of H-pyrrole nitrogens is 1. The van der Waals surface area contributed by atoms with E-state index in [9.17, 15) is 24.7 Å². The molecule has 2 aliphatic heterocycles. The third kappa shape index (κ3) is 5.34. The number of fused-ring (bicyclic) bond motifs is 1. The van der Waals surface area contributed by atoms with E-state index in [2.05, 4.69) is 24.9 Å². The second kappa shape index (κ2) is 10.4. The van der Waals surface area contributed by atoms with Crippen LogP contribution >= 0.6 is 7.82 Å². The van der Waals surface area contributed by atoms with Crippen molar-refractivity contribution in [3.63, 3.8) is 0 Å². The molecule has 2 radical (unpaired) electrons. The number of imidazole rings is 1.